The van der Waals surface area contributed by atoms with E-state index in [1.807, 2.05) is 20.8 Å². The minimum absolute atomic E-state index is 0.0307. The smallest absolute Gasteiger partial charge is 0.324 e. The summed E-state index contributed by atoms with van der Waals surface area (Å²) in [5, 5.41) is 2.41. The van der Waals surface area contributed by atoms with E-state index < -0.39 is 6.03 Å². The van der Waals surface area contributed by atoms with Gasteiger partial charge in [-0.1, -0.05) is 12.8 Å². The maximum absolute atomic E-state index is 12.8. The van der Waals surface area contributed by atoms with E-state index in [0.717, 1.165) is 25.7 Å². The summed E-state index contributed by atoms with van der Waals surface area (Å²) in [5.74, 6) is -0.439. The van der Waals surface area contributed by atoms with E-state index in [1.54, 1.807) is 9.80 Å². The average Bonchev–Trinajstić information content (AvgIpc) is 2.49. The van der Waals surface area contributed by atoms with E-state index in [-0.39, 0.29) is 42.0 Å². The number of fused-ring (bicyclic) bond motifs is 1. The fourth-order valence-corrected chi connectivity index (χ4v) is 4.29. The molecule has 3 unspecified atom stereocenters. The molecule has 3 fully saturated rings. The lowest BCUT2D eigenvalue weighted by atomic mass is 9.81. The van der Waals surface area contributed by atoms with Crippen molar-refractivity contribution < 1.29 is 19.1 Å². The predicted molar refractivity (Wildman–Crippen MR) is 87.2 cm³/mol. The van der Waals surface area contributed by atoms with Crippen LogP contribution in [0.3, 0.4) is 0 Å². The SMILES string of the molecule is CC1CN(C(=O)CN2C(=O)NC(=O)C3CCCCC32)CC(C)(C)O1. The van der Waals surface area contributed by atoms with Crippen molar-refractivity contribution in [1.29, 1.82) is 0 Å². The maximum Gasteiger partial charge on any atom is 0.324 e. The third-order valence-corrected chi connectivity index (χ3v) is 5.19. The third-order valence-electron chi connectivity index (χ3n) is 5.19. The minimum Gasteiger partial charge on any atom is -0.369 e. The summed E-state index contributed by atoms with van der Waals surface area (Å²) in [6, 6.07) is -0.576. The number of amides is 4. The minimum atomic E-state index is -0.433. The molecule has 7 heteroatoms. The van der Waals surface area contributed by atoms with Gasteiger partial charge in [-0.2, -0.15) is 0 Å². The normalized spacial score (nSPS) is 33.0. The van der Waals surface area contributed by atoms with Crippen molar-refractivity contribution in [2.45, 2.75) is 64.2 Å². The molecule has 0 aromatic heterocycles. The Kier molecular flexibility index (Phi) is 4.55. The first kappa shape index (κ1) is 17.2. The Morgan fingerprint density at radius 1 is 1.29 bits per heavy atom. The number of carbonyl (C=O) groups excluding carboxylic acids is 3. The van der Waals surface area contributed by atoms with Crippen molar-refractivity contribution >= 4 is 17.8 Å². The van der Waals surface area contributed by atoms with Gasteiger partial charge in [0.1, 0.15) is 6.54 Å². The number of rotatable bonds is 2. The van der Waals surface area contributed by atoms with Crippen LogP contribution >= 0.6 is 0 Å². The van der Waals surface area contributed by atoms with Crippen molar-refractivity contribution in [2.75, 3.05) is 19.6 Å². The van der Waals surface area contributed by atoms with Crippen molar-refractivity contribution in [3.63, 3.8) is 0 Å². The fourth-order valence-electron chi connectivity index (χ4n) is 4.29. The predicted octanol–water partition coefficient (Wildman–Crippen LogP) is 1.12. The Labute approximate surface area is 142 Å². The maximum atomic E-state index is 12.8. The molecule has 134 valence electrons. The van der Waals surface area contributed by atoms with E-state index in [9.17, 15) is 14.4 Å². The number of nitrogens with one attached hydrogen (secondary N) is 1. The van der Waals surface area contributed by atoms with Crippen LogP contribution in [0.25, 0.3) is 0 Å². The Bertz CT molecular complexity index is 548. The molecule has 0 spiro atoms. The largest absolute Gasteiger partial charge is 0.369 e. The van der Waals surface area contributed by atoms with Gasteiger partial charge >= 0.3 is 6.03 Å². The van der Waals surface area contributed by atoms with Crippen LogP contribution in [0, 0.1) is 5.92 Å². The van der Waals surface area contributed by atoms with Crippen LogP contribution in [0.15, 0.2) is 0 Å². The molecule has 0 radical (unpaired) electrons. The molecule has 3 atom stereocenters. The molecule has 0 aromatic carbocycles. The monoisotopic (exact) mass is 337 g/mol. The van der Waals surface area contributed by atoms with Gasteiger partial charge in [0.05, 0.1) is 17.6 Å². The summed E-state index contributed by atoms with van der Waals surface area (Å²) in [6.45, 7) is 6.95. The molecule has 1 saturated carbocycles. The zero-order chi connectivity index (χ0) is 17.5. The number of nitrogens with zero attached hydrogens (tertiary/aromatic N) is 2. The summed E-state index contributed by atoms with van der Waals surface area (Å²) < 4.78 is 5.83. The summed E-state index contributed by atoms with van der Waals surface area (Å²) in [5.41, 5.74) is -0.388. The molecule has 24 heavy (non-hydrogen) atoms. The second-order valence-corrected chi connectivity index (χ2v) is 7.84. The van der Waals surface area contributed by atoms with Crippen molar-refractivity contribution in [1.82, 2.24) is 15.1 Å². The van der Waals surface area contributed by atoms with Gasteiger partial charge in [-0.05, 0) is 33.6 Å². The van der Waals surface area contributed by atoms with Crippen LogP contribution < -0.4 is 5.32 Å². The molecular weight excluding hydrogens is 310 g/mol. The second kappa shape index (κ2) is 6.35. The van der Waals surface area contributed by atoms with E-state index in [4.69, 9.17) is 4.74 Å². The van der Waals surface area contributed by atoms with E-state index in [2.05, 4.69) is 5.32 Å². The molecule has 0 bridgehead atoms. The van der Waals surface area contributed by atoms with E-state index >= 15 is 0 Å². The lowest BCUT2D eigenvalue weighted by Gasteiger charge is -2.45. The molecule has 4 amide bonds. The Hall–Kier alpha value is -1.63. The van der Waals surface area contributed by atoms with Gasteiger partial charge in [0.15, 0.2) is 0 Å². The zero-order valence-corrected chi connectivity index (χ0v) is 14.7. The summed E-state index contributed by atoms with van der Waals surface area (Å²) >= 11 is 0. The first-order valence-corrected chi connectivity index (χ1v) is 8.84. The Balaban J connectivity index is 1.70. The van der Waals surface area contributed by atoms with Gasteiger partial charge in [0, 0.05) is 19.1 Å². The number of imide groups is 1. The number of urea groups is 1. The van der Waals surface area contributed by atoms with Gasteiger partial charge < -0.3 is 14.5 Å². The van der Waals surface area contributed by atoms with Crippen LogP contribution in [-0.2, 0) is 14.3 Å². The van der Waals surface area contributed by atoms with Crippen molar-refractivity contribution in [3.8, 4) is 0 Å². The summed E-state index contributed by atoms with van der Waals surface area (Å²) in [4.78, 5) is 40.4. The number of carbonyl (C=O) groups is 3. The number of ether oxygens (including phenoxy) is 1. The van der Waals surface area contributed by atoms with Crippen LogP contribution in [0.1, 0.15) is 46.5 Å². The summed E-state index contributed by atoms with van der Waals surface area (Å²) in [6.07, 6.45) is 3.54. The molecule has 2 aliphatic heterocycles. The molecular formula is C17H27N3O4. The van der Waals surface area contributed by atoms with Gasteiger partial charge in [0.25, 0.3) is 0 Å². The first-order valence-electron chi connectivity index (χ1n) is 8.84. The number of hydrogen-bond donors (Lipinski definition) is 1. The molecule has 3 rings (SSSR count). The van der Waals surface area contributed by atoms with Crippen LogP contribution in [-0.4, -0.2) is 65.0 Å². The molecule has 1 N–H and O–H groups in total. The zero-order valence-electron chi connectivity index (χ0n) is 14.7. The van der Waals surface area contributed by atoms with Crippen LogP contribution in [0.2, 0.25) is 0 Å². The molecule has 2 saturated heterocycles. The van der Waals surface area contributed by atoms with Crippen molar-refractivity contribution in [2.24, 2.45) is 5.92 Å². The first-order chi connectivity index (χ1) is 11.3. The Morgan fingerprint density at radius 2 is 2.00 bits per heavy atom. The standard InChI is InChI=1S/C17H27N3O4/c1-11-8-19(10-17(2,3)24-11)14(21)9-20-13-7-5-4-6-12(13)15(22)18-16(20)23/h11-13H,4-10H2,1-3H3,(H,18,22,23). The van der Waals surface area contributed by atoms with Gasteiger partial charge in [-0.25, -0.2) is 4.79 Å². The topological polar surface area (TPSA) is 79.0 Å². The molecule has 7 nitrogen and oxygen atoms in total. The van der Waals surface area contributed by atoms with Gasteiger partial charge in [0.2, 0.25) is 11.8 Å². The highest BCUT2D eigenvalue weighted by Gasteiger charge is 2.44. The van der Waals surface area contributed by atoms with Gasteiger partial charge in [-0.3, -0.25) is 14.9 Å². The highest BCUT2D eigenvalue weighted by molar-refractivity contribution is 6.00. The quantitative estimate of drug-likeness (QED) is 0.819. The van der Waals surface area contributed by atoms with Gasteiger partial charge in [-0.15, -0.1) is 0 Å². The Morgan fingerprint density at radius 3 is 2.71 bits per heavy atom. The highest BCUT2D eigenvalue weighted by atomic mass is 16.5. The highest BCUT2D eigenvalue weighted by Crippen LogP contribution is 2.31. The average molecular weight is 337 g/mol. The van der Waals surface area contributed by atoms with Crippen LogP contribution in [0.4, 0.5) is 4.79 Å². The van der Waals surface area contributed by atoms with E-state index in [1.165, 1.54) is 0 Å². The lowest BCUT2D eigenvalue weighted by Crippen LogP contribution is -2.63. The van der Waals surface area contributed by atoms with Crippen molar-refractivity contribution in [3.05, 3.63) is 0 Å². The molecule has 0 aromatic rings. The van der Waals surface area contributed by atoms with E-state index in [0.29, 0.717) is 13.1 Å². The second-order valence-electron chi connectivity index (χ2n) is 7.84. The van der Waals surface area contributed by atoms with Crippen LogP contribution in [0.5, 0.6) is 0 Å². The fraction of sp³-hybridized carbons (Fsp3) is 0.824. The third kappa shape index (κ3) is 3.41. The number of hydrogen-bond acceptors (Lipinski definition) is 4. The lowest BCUT2D eigenvalue weighted by molar-refractivity contribution is -0.159. The molecule has 3 aliphatic rings. The summed E-state index contributed by atoms with van der Waals surface area (Å²) in [7, 11) is 0. The molecule has 1 aliphatic carbocycles. The molecule has 2 heterocycles. The number of morpholine rings is 1.